The molecule has 35 heavy (non-hydrogen) atoms. The van der Waals surface area contributed by atoms with Gasteiger partial charge in [0.15, 0.2) is 0 Å². The monoisotopic (exact) mass is 596 g/mol. The minimum atomic E-state index is -4.09. The fraction of sp³-hybridized carbons (Fsp3) is 0.333. The van der Waals surface area contributed by atoms with Gasteiger partial charge in [0.05, 0.1) is 27.9 Å². The van der Waals surface area contributed by atoms with Crippen molar-refractivity contribution in [3.8, 4) is 0 Å². The number of nitrogens with zero attached hydrogens (tertiary/aromatic N) is 2. The summed E-state index contributed by atoms with van der Waals surface area (Å²) in [6.45, 7) is 0.728. The molecule has 14 heteroatoms. The molecular weight excluding hydrogens is 575 g/mol. The van der Waals surface area contributed by atoms with Gasteiger partial charge in [0.1, 0.15) is 5.37 Å². The molecule has 2 aliphatic heterocycles. The molecule has 2 aromatic rings. The maximum Gasteiger partial charge on any atom is 0.264 e. The highest BCUT2D eigenvalue weighted by atomic mass is 35.5. The number of fused-ring (bicyclic) bond motifs is 2. The van der Waals surface area contributed by atoms with Crippen LogP contribution in [-0.4, -0.2) is 55.9 Å². The van der Waals surface area contributed by atoms with E-state index in [0.717, 1.165) is 26.2 Å². The number of rotatable bonds is 9. The molecule has 0 radical (unpaired) electrons. The van der Waals surface area contributed by atoms with E-state index in [1.807, 2.05) is 40.1 Å². The van der Waals surface area contributed by atoms with Crippen molar-refractivity contribution < 1.29 is 25.9 Å². The van der Waals surface area contributed by atoms with Crippen molar-refractivity contribution in [2.24, 2.45) is 0 Å². The Morgan fingerprint density at radius 3 is 2.06 bits per heavy atom. The smallest absolute Gasteiger partial charge is 0.264 e. The second-order valence-corrected chi connectivity index (χ2v) is 14.2. The third-order valence-electron chi connectivity index (χ3n) is 5.35. The van der Waals surface area contributed by atoms with Crippen LogP contribution in [0.2, 0.25) is 10.0 Å². The zero-order valence-electron chi connectivity index (χ0n) is 18.2. The Labute approximate surface area is 223 Å². The minimum absolute atomic E-state index is 0.193. The van der Waals surface area contributed by atoms with Crippen molar-refractivity contribution >= 4 is 78.3 Å². The van der Waals surface area contributed by atoms with Gasteiger partial charge in [0, 0.05) is 32.9 Å². The van der Waals surface area contributed by atoms with Crippen LogP contribution in [0.3, 0.4) is 0 Å². The third kappa shape index (κ3) is 7.01. The molecule has 2 aromatic carbocycles. The minimum Gasteiger partial charge on any atom is -0.355 e. The molecule has 0 aliphatic carbocycles. The lowest BCUT2D eigenvalue weighted by atomic mass is 10.2. The molecule has 0 saturated heterocycles. The van der Waals surface area contributed by atoms with Gasteiger partial charge in [-0.15, -0.1) is 0 Å². The molecule has 0 amide bonds. The van der Waals surface area contributed by atoms with Crippen molar-refractivity contribution in [3.05, 3.63) is 57.5 Å². The van der Waals surface area contributed by atoms with Crippen LogP contribution in [-0.2, 0) is 20.2 Å². The molecule has 4 rings (SSSR count). The lowest BCUT2D eigenvalue weighted by molar-refractivity contribution is 0.479. The van der Waals surface area contributed by atoms with Crippen LogP contribution in [0.4, 0.5) is 11.4 Å². The molecule has 190 valence electrons. The van der Waals surface area contributed by atoms with E-state index in [-0.39, 0.29) is 29.7 Å². The summed E-state index contributed by atoms with van der Waals surface area (Å²) in [7, 11) is -8.17. The van der Waals surface area contributed by atoms with E-state index in [1.54, 1.807) is 23.9 Å². The Balaban J connectivity index is 1.63. The van der Waals surface area contributed by atoms with Gasteiger partial charge in [-0.25, -0.2) is 0 Å². The molecule has 1 unspecified atom stereocenters. The molecule has 2 N–H and O–H groups in total. The Bertz CT molecular complexity index is 1370. The first-order chi connectivity index (χ1) is 16.4. The van der Waals surface area contributed by atoms with Gasteiger partial charge < -0.3 is 9.80 Å². The van der Waals surface area contributed by atoms with Gasteiger partial charge >= 0.3 is 0 Å². The van der Waals surface area contributed by atoms with Crippen LogP contribution in [0.5, 0.6) is 0 Å². The van der Waals surface area contributed by atoms with Crippen LogP contribution in [0.1, 0.15) is 12.8 Å². The lowest BCUT2D eigenvalue weighted by Crippen LogP contribution is -2.31. The Hall–Kier alpha value is -1.12. The van der Waals surface area contributed by atoms with Crippen molar-refractivity contribution in [1.82, 2.24) is 0 Å². The molecule has 2 heterocycles. The van der Waals surface area contributed by atoms with Crippen LogP contribution in [0.15, 0.2) is 57.3 Å². The van der Waals surface area contributed by atoms with Crippen molar-refractivity contribution in [2.75, 3.05) is 34.4 Å². The lowest BCUT2D eigenvalue weighted by Gasteiger charge is -2.27. The number of anilines is 2. The summed E-state index contributed by atoms with van der Waals surface area (Å²) in [6, 6.07) is 11.0. The van der Waals surface area contributed by atoms with Crippen LogP contribution < -0.4 is 9.80 Å². The van der Waals surface area contributed by atoms with E-state index in [4.69, 9.17) is 32.3 Å². The molecule has 1 atom stereocenters. The Morgan fingerprint density at radius 1 is 0.857 bits per heavy atom. The SMILES string of the molecule is O=S(=O)(O)CCCN1/C(=C/C2Sc3ccc(Cl)cc3N2CCCS(=O)(=O)O)Sc2ccc(Cl)cc21. The molecular formula is C21H22Cl2N2O6S4. The number of hydrogen-bond acceptors (Lipinski definition) is 8. The first-order valence-corrected chi connectivity index (χ1v) is 16.2. The fourth-order valence-corrected chi connectivity index (χ4v) is 7.68. The zero-order chi connectivity index (χ0) is 25.4. The summed E-state index contributed by atoms with van der Waals surface area (Å²) in [5.41, 5.74) is 1.73. The van der Waals surface area contributed by atoms with Crippen molar-refractivity contribution in [1.29, 1.82) is 0 Å². The summed E-state index contributed by atoms with van der Waals surface area (Å²) in [4.78, 5) is 5.97. The summed E-state index contributed by atoms with van der Waals surface area (Å²) in [5.74, 6) is -0.713. The second kappa shape index (κ2) is 10.7. The van der Waals surface area contributed by atoms with Gasteiger partial charge in [-0.2, -0.15) is 16.8 Å². The van der Waals surface area contributed by atoms with Crippen LogP contribution >= 0.6 is 46.7 Å². The number of benzene rings is 2. The van der Waals surface area contributed by atoms with E-state index < -0.39 is 20.2 Å². The molecule has 0 aromatic heterocycles. The van der Waals surface area contributed by atoms with E-state index >= 15 is 0 Å². The maximum absolute atomic E-state index is 11.2. The molecule has 0 spiro atoms. The van der Waals surface area contributed by atoms with Crippen LogP contribution in [0.25, 0.3) is 0 Å². The highest BCUT2D eigenvalue weighted by Crippen LogP contribution is 2.50. The fourth-order valence-electron chi connectivity index (χ4n) is 3.89. The molecule has 0 saturated carbocycles. The molecule has 2 aliphatic rings. The first kappa shape index (κ1) is 26.9. The third-order valence-corrected chi connectivity index (χ3v) is 9.79. The first-order valence-electron chi connectivity index (χ1n) is 10.5. The maximum atomic E-state index is 11.2. The van der Waals surface area contributed by atoms with Crippen molar-refractivity contribution in [3.63, 3.8) is 0 Å². The summed E-state index contributed by atoms with van der Waals surface area (Å²) in [6.07, 6.45) is 2.48. The van der Waals surface area contributed by atoms with Gasteiger partial charge in [-0.1, -0.05) is 46.7 Å². The number of halogens is 2. The second-order valence-electron chi connectivity index (χ2n) is 7.96. The van der Waals surface area contributed by atoms with E-state index in [0.29, 0.717) is 23.1 Å². The largest absolute Gasteiger partial charge is 0.355 e. The van der Waals surface area contributed by atoms with Gasteiger partial charge in [0.25, 0.3) is 20.2 Å². The Kier molecular flexibility index (Phi) is 8.23. The average molecular weight is 598 g/mol. The highest BCUT2D eigenvalue weighted by Gasteiger charge is 2.32. The van der Waals surface area contributed by atoms with Crippen LogP contribution in [0, 0.1) is 0 Å². The average Bonchev–Trinajstić information content (AvgIpc) is 3.24. The summed E-state index contributed by atoms with van der Waals surface area (Å²) >= 11 is 15.6. The van der Waals surface area contributed by atoms with Gasteiger partial charge in [0.2, 0.25) is 0 Å². The quantitative estimate of drug-likeness (QED) is 0.372. The van der Waals surface area contributed by atoms with E-state index in [9.17, 15) is 16.8 Å². The van der Waals surface area contributed by atoms with Gasteiger partial charge in [-0.3, -0.25) is 9.11 Å². The summed E-state index contributed by atoms with van der Waals surface area (Å²) < 4.78 is 63.3. The highest BCUT2D eigenvalue weighted by molar-refractivity contribution is 8.04. The van der Waals surface area contributed by atoms with Crippen molar-refractivity contribution in [2.45, 2.75) is 28.0 Å². The molecule has 0 fully saturated rings. The zero-order valence-corrected chi connectivity index (χ0v) is 23.0. The molecule has 0 bridgehead atoms. The normalized spacial score (nSPS) is 18.9. The number of hydrogen-bond donors (Lipinski definition) is 2. The van der Waals surface area contributed by atoms with Gasteiger partial charge in [-0.05, 0) is 55.3 Å². The molecule has 8 nitrogen and oxygen atoms in total. The summed E-state index contributed by atoms with van der Waals surface area (Å²) in [5, 5.41) is 1.78. The predicted octanol–water partition coefficient (Wildman–Crippen LogP) is 5.24. The van der Waals surface area contributed by atoms with E-state index in [2.05, 4.69) is 0 Å². The number of thioether (sulfide) groups is 2. The predicted molar refractivity (Wildman–Crippen MR) is 143 cm³/mol. The topological polar surface area (TPSA) is 115 Å². The Morgan fingerprint density at radius 2 is 1.43 bits per heavy atom. The van der Waals surface area contributed by atoms with E-state index in [1.165, 1.54) is 11.8 Å². The standard InChI is InChI=1S/C21H22Cl2N2O6S4/c22-14-3-5-18-16(11-14)24(7-1-9-34(26,27)28)20(32-18)13-21-25(8-2-10-35(29,30)31)17-12-15(23)4-6-19(17)33-21/h3-6,11-13,20H,1-2,7-10H2,(H,26,27,28)(H,29,30,31)/b21-13-.